The summed E-state index contributed by atoms with van der Waals surface area (Å²) >= 11 is 1.54. The van der Waals surface area contributed by atoms with Crippen molar-refractivity contribution in [3.63, 3.8) is 0 Å². The van der Waals surface area contributed by atoms with Crippen LogP contribution in [-0.2, 0) is 20.9 Å². The molecule has 1 heterocycles. The SMILES string of the molecule is CC(C)(C)OC(=O)NC(CC#Cc1ccsc1)C(=O)OCc1ccccc1. The number of benzene rings is 1. The number of alkyl carbamates (subject to hydrolysis) is 1. The van der Waals surface area contributed by atoms with Crippen LogP contribution in [0.25, 0.3) is 0 Å². The van der Waals surface area contributed by atoms with E-state index in [-0.39, 0.29) is 13.0 Å². The van der Waals surface area contributed by atoms with E-state index in [4.69, 9.17) is 9.47 Å². The van der Waals surface area contributed by atoms with Crippen LogP contribution < -0.4 is 5.32 Å². The third kappa shape index (κ3) is 7.97. The van der Waals surface area contributed by atoms with Crippen LogP contribution in [0.3, 0.4) is 0 Å². The molecule has 142 valence electrons. The summed E-state index contributed by atoms with van der Waals surface area (Å²) in [5.41, 5.74) is 1.07. The summed E-state index contributed by atoms with van der Waals surface area (Å²) in [5, 5.41) is 6.39. The molecule has 1 aromatic carbocycles. The van der Waals surface area contributed by atoms with E-state index in [1.54, 1.807) is 32.1 Å². The van der Waals surface area contributed by atoms with Gasteiger partial charge in [0.05, 0.1) is 0 Å². The molecule has 0 spiro atoms. The highest BCUT2D eigenvalue weighted by atomic mass is 32.1. The van der Waals surface area contributed by atoms with Crippen LogP contribution in [-0.4, -0.2) is 23.7 Å². The maximum absolute atomic E-state index is 12.5. The summed E-state index contributed by atoms with van der Waals surface area (Å²) in [5.74, 6) is 5.33. The van der Waals surface area contributed by atoms with Crippen molar-refractivity contribution in [3.8, 4) is 11.8 Å². The van der Waals surface area contributed by atoms with Crippen LogP contribution in [0.2, 0.25) is 0 Å². The summed E-state index contributed by atoms with van der Waals surface area (Å²) in [6.45, 7) is 5.40. The van der Waals surface area contributed by atoms with Crippen LogP contribution in [0, 0.1) is 11.8 Å². The minimum absolute atomic E-state index is 0.128. The van der Waals surface area contributed by atoms with Crippen molar-refractivity contribution in [2.24, 2.45) is 0 Å². The summed E-state index contributed by atoms with van der Waals surface area (Å²) in [4.78, 5) is 24.5. The van der Waals surface area contributed by atoms with Crippen molar-refractivity contribution in [1.82, 2.24) is 5.32 Å². The van der Waals surface area contributed by atoms with Crippen LogP contribution in [0.1, 0.15) is 38.3 Å². The van der Waals surface area contributed by atoms with E-state index in [0.29, 0.717) is 0 Å². The van der Waals surface area contributed by atoms with Gasteiger partial charge in [0.2, 0.25) is 0 Å². The lowest BCUT2D eigenvalue weighted by Crippen LogP contribution is -2.44. The van der Waals surface area contributed by atoms with E-state index < -0.39 is 23.7 Å². The fourth-order valence-corrected chi connectivity index (χ4v) is 2.65. The third-order valence-electron chi connectivity index (χ3n) is 3.26. The first-order valence-corrected chi connectivity index (χ1v) is 9.49. The van der Waals surface area contributed by atoms with Gasteiger partial charge >= 0.3 is 12.1 Å². The first-order valence-electron chi connectivity index (χ1n) is 8.54. The van der Waals surface area contributed by atoms with E-state index in [1.165, 1.54) is 0 Å². The van der Waals surface area contributed by atoms with Crippen molar-refractivity contribution in [2.75, 3.05) is 0 Å². The van der Waals surface area contributed by atoms with Gasteiger partial charge in [-0.3, -0.25) is 0 Å². The van der Waals surface area contributed by atoms with E-state index in [0.717, 1.165) is 11.1 Å². The summed E-state index contributed by atoms with van der Waals surface area (Å²) in [6, 6.07) is 10.3. The fraction of sp³-hybridized carbons (Fsp3) is 0.333. The minimum Gasteiger partial charge on any atom is -0.459 e. The zero-order valence-electron chi connectivity index (χ0n) is 15.7. The Hall–Kier alpha value is -2.78. The Morgan fingerprint density at radius 1 is 1.19 bits per heavy atom. The van der Waals surface area contributed by atoms with E-state index >= 15 is 0 Å². The number of carbonyl (C=O) groups excluding carboxylic acids is 2. The molecule has 1 unspecified atom stereocenters. The second kappa shape index (κ2) is 9.79. The quantitative estimate of drug-likeness (QED) is 0.621. The maximum atomic E-state index is 12.5. The van der Waals surface area contributed by atoms with Crippen LogP contribution in [0.4, 0.5) is 4.79 Å². The lowest BCUT2D eigenvalue weighted by Gasteiger charge is -2.22. The number of hydrogen-bond donors (Lipinski definition) is 1. The van der Waals surface area contributed by atoms with Crippen molar-refractivity contribution in [3.05, 3.63) is 58.3 Å². The van der Waals surface area contributed by atoms with Gasteiger partial charge in [0.25, 0.3) is 0 Å². The molecule has 27 heavy (non-hydrogen) atoms. The Bertz CT molecular complexity index is 798. The number of rotatable bonds is 5. The molecular weight excluding hydrogens is 362 g/mol. The van der Waals surface area contributed by atoms with Crippen molar-refractivity contribution in [2.45, 2.75) is 45.4 Å². The average Bonchev–Trinajstić information content (AvgIpc) is 3.11. The molecule has 5 nitrogen and oxygen atoms in total. The number of hydrogen-bond acceptors (Lipinski definition) is 5. The molecule has 0 radical (unpaired) electrons. The fourth-order valence-electron chi connectivity index (χ4n) is 2.06. The highest BCUT2D eigenvalue weighted by Crippen LogP contribution is 2.09. The summed E-state index contributed by atoms with van der Waals surface area (Å²) < 4.78 is 10.6. The lowest BCUT2D eigenvalue weighted by molar-refractivity contribution is -0.147. The number of carbonyl (C=O) groups is 2. The number of esters is 1. The predicted octanol–water partition coefficient (Wildman–Crippen LogP) is 4.13. The van der Waals surface area contributed by atoms with Gasteiger partial charge in [-0.15, -0.1) is 0 Å². The second-order valence-electron chi connectivity index (χ2n) is 6.81. The smallest absolute Gasteiger partial charge is 0.408 e. The molecule has 0 saturated heterocycles. The summed E-state index contributed by atoms with van der Waals surface area (Å²) in [6.07, 6.45) is -0.551. The largest absolute Gasteiger partial charge is 0.459 e. The minimum atomic E-state index is -0.908. The van der Waals surface area contributed by atoms with Gasteiger partial charge in [-0.1, -0.05) is 42.2 Å². The maximum Gasteiger partial charge on any atom is 0.408 e. The van der Waals surface area contributed by atoms with Gasteiger partial charge in [0, 0.05) is 17.4 Å². The number of thiophene rings is 1. The zero-order chi connectivity index (χ0) is 19.7. The van der Waals surface area contributed by atoms with Crippen molar-refractivity contribution in [1.29, 1.82) is 0 Å². The average molecular weight is 385 g/mol. The monoisotopic (exact) mass is 385 g/mol. The summed E-state index contributed by atoms with van der Waals surface area (Å²) in [7, 11) is 0. The molecule has 1 aromatic heterocycles. The first kappa shape index (κ1) is 20.5. The van der Waals surface area contributed by atoms with Crippen molar-refractivity contribution >= 4 is 23.4 Å². The Balaban J connectivity index is 2.00. The molecule has 1 amide bonds. The van der Waals surface area contributed by atoms with Gasteiger partial charge in [0.15, 0.2) is 0 Å². The highest BCUT2D eigenvalue weighted by molar-refractivity contribution is 7.08. The van der Waals surface area contributed by atoms with E-state index in [9.17, 15) is 9.59 Å². The van der Waals surface area contributed by atoms with Crippen molar-refractivity contribution < 1.29 is 19.1 Å². The third-order valence-corrected chi connectivity index (χ3v) is 3.94. The predicted molar refractivity (Wildman–Crippen MR) is 105 cm³/mol. The highest BCUT2D eigenvalue weighted by Gasteiger charge is 2.25. The van der Waals surface area contributed by atoms with Crippen LogP contribution in [0.15, 0.2) is 47.2 Å². The molecule has 0 fully saturated rings. The Kier molecular flexibility index (Phi) is 7.44. The zero-order valence-corrected chi connectivity index (χ0v) is 16.5. The van der Waals surface area contributed by atoms with Crippen LogP contribution in [0.5, 0.6) is 0 Å². The molecule has 0 aliphatic carbocycles. The molecule has 1 N–H and O–H groups in total. The van der Waals surface area contributed by atoms with Crippen LogP contribution >= 0.6 is 11.3 Å². The first-order chi connectivity index (χ1) is 12.8. The van der Waals surface area contributed by atoms with Gasteiger partial charge in [0.1, 0.15) is 18.2 Å². The standard InChI is InChI=1S/C21H23NO4S/c1-21(2,3)26-20(24)22-18(11-7-10-17-12-13-27-15-17)19(23)25-14-16-8-5-4-6-9-16/h4-6,8-9,12-13,15,18H,11,14H2,1-3H3,(H,22,24). The molecular formula is C21H23NO4S. The molecule has 0 bridgehead atoms. The molecule has 0 aliphatic heterocycles. The molecule has 2 aromatic rings. The van der Waals surface area contributed by atoms with Gasteiger partial charge in [-0.2, -0.15) is 11.3 Å². The molecule has 6 heteroatoms. The number of ether oxygens (including phenoxy) is 2. The molecule has 0 aliphatic rings. The molecule has 1 atom stereocenters. The molecule has 2 rings (SSSR count). The van der Waals surface area contributed by atoms with Gasteiger partial charge < -0.3 is 14.8 Å². The van der Waals surface area contributed by atoms with E-state index in [1.807, 2.05) is 47.2 Å². The normalized spacial score (nSPS) is 11.7. The van der Waals surface area contributed by atoms with Gasteiger partial charge in [-0.25, -0.2) is 9.59 Å². The Labute approximate surface area is 163 Å². The Morgan fingerprint density at radius 2 is 1.93 bits per heavy atom. The Morgan fingerprint density at radius 3 is 2.56 bits per heavy atom. The topological polar surface area (TPSA) is 64.6 Å². The number of amides is 1. The van der Waals surface area contributed by atoms with E-state index in [2.05, 4.69) is 17.2 Å². The van der Waals surface area contributed by atoms with Gasteiger partial charge in [-0.05, 0) is 37.8 Å². The molecule has 0 saturated carbocycles. The second-order valence-corrected chi connectivity index (χ2v) is 7.59. The lowest BCUT2D eigenvalue weighted by atomic mass is 10.2. The number of nitrogens with one attached hydrogen (secondary N) is 1.